The molecule has 1 aliphatic heterocycles. The Bertz CT molecular complexity index is 523. The van der Waals surface area contributed by atoms with Crippen molar-refractivity contribution in [1.82, 2.24) is 9.55 Å². The summed E-state index contributed by atoms with van der Waals surface area (Å²) in [7, 11) is 0. The molecule has 2 heterocycles. The number of aromatic nitrogens is 2. The Morgan fingerprint density at radius 2 is 2.29 bits per heavy atom. The van der Waals surface area contributed by atoms with Crippen molar-refractivity contribution in [3.63, 3.8) is 0 Å². The molecular weight excluding hydrogens is 238 g/mol. The Kier molecular flexibility index (Phi) is 2.78. The van der Waals surface area contributed by atoms with Crippen molar-refractivity contribution >= 4 is 17.4 Å². The molecule has 17 heavy (non-hydrogen) atoms. The zero-order valence-corrected chi connectivity index (χ0v) is 11.0. The van der Waals surface area contributed by atoms with Crippen LogP contribution in [0, 0.1) is 0 Å². The predicted octanol–water partition coefficient (Wildman–Crippen LogP) is 2.07. The molecule has 4 nitrogen and oxygen atoms in total. The van der Waals surface area contributed by atoms with Gasteiger partial charge in [-0.2, -0.15) is 4.98 Å². The largest absolute Gasteiger partial charge is 0.350 e. The van der Waals surface area contributed by atoms with Crippen LogP contribution in [0.2, 0.25) is 5.15 Å². The highest BCUT2D eigenvalue weighted by Gasteiger charge is 2.40. The van der Waals surface area contributed by atoms with E-state index in [0.29, 0.717) is 6.54 Å². The quantitative estimate of drug-likeness (QED) is 0.598. The van der Waals surface area contributed by atoms with Crippen LogP contribution in [0.4, 0.5) is 5.82 Å². The summed E-state index contributed by atoms with van der Waals surface area (Å²) in [6.07, 6.45) is 1.87. The van der Waals surface area contributed by atoms with Crippen molar-refractivity contribution in [2.45, 2.75) is 38.9 Å². The number of nitrogens with zero attached hydrogens (tertiary/aromatic N) is 3. The van der Waals surface area contributed by atoms with E-state index in [4.69, 9.17) is 11.6 Å². The predicted molar refractivity (Wildman–Crippen MR) is 69.7 cm³/mol. The fourth-order valence-corrected chi connectivity index (χ4v) is 2.66. The number of hydrogen-bond acceptors (Lipinski definition) is 3. The number of rotatable bonds is 2. The van der Waals surface area contributed by atoms with Gasteiger partial charge in [-0.05, 0) is 20.8 Å². The summed E-state index contributed by atoms with van der Waals surface area (Å²) in [5.74, 6) is 0.812. The zero-order valence-electron chi connectivity index (χ0n) is 10.3. The minimum Gasteiger partial charge on any atom is -0.345 e. The van der Waals surface area contributed by atoms with Crippen LogP contribution in [0.3, 0.4) is 0 Å². The Morgan fingerprint density at radius 3 is 2.82 bits per heavy atom. The van der Waals surface area contributed by atoms with E-state index < -0.39 is 0 Å². The molecule has 0 saturated carbocycles. The number of fused-ring (bicyclic) bond motifs is 1. The first-order valence-electron chi connectivity index (χ1n) is 5.59. The Balaban J connectivity index is 2.67. The molecule has 0 spiro atoms. The third-order valence-corrected chi connectivity index (χ3v) is 3.38. The van der Waals surface area contributed by atoms with E-state index in [1.54, 1.807) is 10.6 Å². The van der Waals surface area contributed by atoms with E-state index in [0.717, 1.165) is 5.82 Å². The van der Waals surface area contributed by atoms with Crippen molar-refractivity contribution in [2.24, 2.45) is 0 Å². The summed E-state index contributed by atoms with van der Waals surface area (Å²) in [6, 6.07) is 1.99. The van der Waals surface area contributed by atoms with E-state index in [1.807, 2.05) is 6.08 Å². The maximum Gasteiger partial charge on any atom is 0.350 e. The summed E-state index contributed by atoms with van der Waals surface area (Å²) in [5, 5.41) is 0.236. The van der Waals surface area contributed by atoms with Crippen LogP contribution in [0.5, 0.6) is 0 Å². The summed E-state index contributed by atoms with van der Waals surface area (Å²) in [6.45, 7) is 10.6. The van der Waals surface area contributed by atoms with Crippen molar-refractivity contribution in [3.05, 3.63) is 34.4 Å². The molecule has 0 aliphatic carbocycles. The topological polar surface area (TPSA) is 38.1 Å². The van der Waals surface area contributed by atoms with Gasteiger partial charge in [0.2, 0.25) is 0 Å². The fraction of sp³-hybridized carbons (Fsp3) is 0.500. The second-order valence-electron chi connectivity index (χ2n) is 4.83. The maximum atomic E-state index is 11.8. The zero-order chi connectivity index (χ0) is 12.8. The van der Waals surface area contributed by atoms with Gasteiger partial charge in [-0.15, -0.1) is 6.58 Å². The summed E-state index contributed by atoms with van der Waals surface area (Å²) >= 11 is 5.86. The van der Waals surface area contributed by atoms with Crippen molar-refractivity contribution < 1.29 is 0 Å². The highest BCUT2D eigenvalue weighted by molar-refractivity contribution is 6.29. The smallest absolute Gasteiger partial charge is 0.345 e. The van der Waals surface area contributed by atoms with E-state index in [9.17, 15) is 4.79 Å². The summed E-state index contributed by atoms with van der Waals surface area (Å²) in [4.78, 5) is 17.7. The number of hydrogen-bond donors (Lipinski definition) is 0. The molecule has 0 bridgehead atoms. The van der Waals surface area contributed by atoms with E-state index in [1.165, 1.54) is 0 Å². The molecule has 0 amide bonds. The van der Waals surface area contributed by atoms with Gasteiger partial charge in [-0.3, -0.25) is 4.57 Å². The Labute approximate surface area is 106 Å². The maximum absolute atomic E-state index is 11.8. The van der Waals surface area contributed by atoms with Crippen molar-refractivity contribution in [1.29, 1.82) is 0 Å². The van der Waals surface area contributed by atoms with Gasteiger partial charge in [-0.1, -0.05) is 17.7 Å². The van der Waals surface area contributed by atoms with Crippen LogP contribution in [0.1, 0.15) is 20.8 Å². The van der Waals surface area contributed by atoms with Crippen LogP contribution < -0.4 is 10.6 Å². The lowest BCUT2D eigenvalue weighted by atomic mass is 10.0. The van der Waals surface area contributed by atoms with Gasteiger partial charge < -0.3 is 4.90 Å². The molecule has 1 aliphatic rings. The fourth-order valence-electron chi connectivity index (χ4n) is 2.49. The van der Waals surface area contributed by atoms with Crippen LogP contribution in [0.15, 0.2) is 23.5 Å². The minimum absolute atomic E-state index is 0.236. The van der Waals surface area contributed by atoms with Crippen LogP contribution in [-0.4, -0.2) is 21.1 Å². The molecule has 1 aromatic rings. The number of anilines is 1. The number of halogens is 1. The first kappa shape index (κ1) is 12.2. The molecule has 2 rings (SSSR count). The minimum atomic E-state index is -0.302. The van der Waals surface area contributed by atoms with Crippen LogP contribution in [-0.2, 0) is 6.54 Å². The van der Waals surface area contributed by atoms with Crippen LogP contribution >= 0.6 is 11.6 Å². The lowest BCUT2D eigenvalue weighted by Crippen LogP contribution is -2.46. The van der Waals surface area contributed by atoms with Gasteiger partial charge in [0, 0.05) is 12.1 Å². The molecule has 1 atom stereocenters. The summed E-state index contributed by atoms with van der Waals surface area (Å²) in [5.41, 5.74) is -0.573. The summed E-state index contributed by atoms with van der Waals surface area (Å²) < 4.78 is 1.65. The molecule has 0 radical (unpaired) electrons. The SMILES string of the molecule is C=CC1(C)Cn2c(cc(Cl)nc2=O)N1C(C)C. The van der Waals surface area contributed by atoms with Gasteiger partial charge in [0.25, 0.3) is 0 Å². The van der Waals surface area contributed by atoms with Crippen LogP contribution in [0.25, 0.3) is 0 Å². The molecule has 5 heteroatoms. The standard InChI is InChI=1S/C12H16ClN3O/c1-5-12(4)7-15-10(16(12)8(2)3)6-9(13)14-11(15)17/h5-6,8H,1,7H2,2-4H3. The second kappa shape index (κ2) is 3.88. The molecule has 0 saturated heterocycles. The average molecular weight is 254 g/mol. The highest BCUT2D eigenvalue weighted by atomic mass is 35.5. The van der Waals surface area contributed by atoms with E-state index in [2.05, 4.69) is 37.2 Å². The molecule has 1 aromatic heterocycles. The van der Waals surface area contributed by atoms with E-state index >= 15 is 0 Å². The van der Waals surface area contributed by atoms with Gasteiger partial charge in [0.15, 0.2) is 0 Å². The van der Waals surface area contributed by atoms with Gasteiger partial charge in [0.1, 0.15) is 11.0 Å². The third kappa shape index (κ3) is 1.76. The van der Waals surface area contributed by atoms with Crippen molar-refractivity contribution in [2.75, 3.05) is 4.90 Å². The third-order valence-electron chi connectivity index (χ3n) is 3.19. The molecule has 0 fully saturated rings. The van der Waals surface area contributed by atoms with Gasteiger partial charge in [-0.25, -0.2) is 4.79 Å². The first-order chi connectivity index (χ1) is 7.89. The van der Waals surface area contributed by atoms with Gasteiger partial charge >= 0.3 is 5.69 Å². The lowest BCUT2D eigenvalue weighted by Gasteiger charge is -2.36. The van der Waals surface area contributed by atoms with Gasteiger partial charge in [0.05, 0.1) is 12.1 Å². The lowest BCUT2D eigenvalue weighted by molar-refractivity contribution is 0.471. The average Bonchev–Trinajstić information content (AvgIpc) is 2.52. The Morgan fingerprint density at radius 1 is 1.65 bits per heavy atom. The molecular formula is C12H16ClN3O. The first-order valence-corrected chi connectivity index (χ1v) is 5.97. The second-order valence-corrected chi connectivity index (χ2v) is 5.22. The molecule has 92 valence electrons. The highest BCUT2D eigenvalue weighted by Crippen LogP contribution is 2.35. The van der Waals surface area contributed by atoms with Crippen molar-refractivity contribution in [3.8, 4) is 0 Å². The molecule has 1 unspecified atom stereocenters. The van der Waals surface area contributed by atoms with E-state index in [-0.39, 0.29) is 22.4 Å². The normalized spacial score (nSPS) is 23.0. The Hall–Kier alpha value is -1.29. The molecule has 0 N–H and O–H groups in total. The molecule has 0 aromatic carbocycles. The monoisotopic (exact) mass is 253 g/mol.